The van der Waals surface area contributed by atoms with E-state index >= 15 is 0 Å². The number of amides is 1. The first-order chi connectivity index (χ1) is 10.0. The van der Waals surface area contributed by atoms with E-state index in [1.54, 1.807) is 24.3 Å². The van der Waals surface area contributed by atoms with Crippen LogP contribution in [0.3, 0.4) is 0 Å². The third-order valence-electron chi connectivity index (χ3n) is 2.74. The monoisotopic (exact) mass is 365 g/mol. The number of hydrogen-bond acceptors (Lipinski definition) is 4. The van der Waals surface area contributed by atoms with Gasteiger partial charge in [0.1, 0.15) is 10.7 Å². The lowest BCUT2D eigenvalue weighted by Crippen LogP contribution is -2.18. The largest absolute Gasteiger partial charge is 0.494 e. The summed E-state index contributed by atoms with van der Waals surface area (Å²) in [6.45, 7) is 0. The minimum Gasteiger partial charge on any atom is -0.494 e. The second-order valence-corrected chi connectivity index (χ2v) is 5.44. The van der Waals surface area contributed by atoms with Gasteiger partial charge in [-0.3, -0.25) is 9.78 Å². The van der Waals surface area contributed by atoms with Crippen LogP contribution in [-0.4, -0.2) is 23.0 Å². The van der Waals surface area contributed by atoms with Crippen LogP contribution < -0.4 is 15.8 Å². The number of pyridine rings is 1. The minimum absolute atomic E-state index is 0.202. The quantitative estimate of drug-likeness (QED) is 0.814. The molecule has 0 spiro atoms. The van der Waals surface area contributed by atoms with E-state index in [0.717, 1.165) is 4.47 Å². The molecule has 5 nitrogen and oxygen atoms in total. The Kier molecular flexibility index (Phi) is 4.87. The van der Waals surface area contributed by atoms with Gasteiger partial charge >= 0.3 is 0 Å². The van der Waals surface area contributed by atoms with Crippen molar-refractivity contribution in [2.24, 2.45) is 5.73 Å². The van der Waals surface area contributed by atoms with Gasteiger partial charge in [0.05, 0.1) is 24.6 Å². The molecular weight excluding hydrogens is 354 g/mol. The van der Waals surface area contributed by atoms with Crippen molar-refractivity contribution < 1.29 is 9.53 Å². The fraction of sp³-hybridized carbons (Fsp3) is 0.0714. The Bertz CT molecular complexity index is 706. The number of carbonyl (C=O) groups excluding carboxylic acids is 1. The SMILES string of the molecule is COc1cnccc1C(=O)Nc1ccc(Br)cc1C(N)=S. The van der Waals surface area contributed by atoms with Crippen LogP contribution in [-0.2, 0) is 0 Å². The number of hydrogen-bond donors (Lipinski definition) is 2. The summed E-state index contributed by atoms with van der Waals surface area (Å²) in [7, 11) is 1.48. The Morgan fingerprint density at radius 2 is 2.14 bits per heavy atom. The maximum absolute atomic E-state index is 12.3. The first-order valence-electron chi connectivity index (χ1n) is 5.91. The predicted octanol–water partition coefficient (Wildman–Crippen LogP) is 2.74. The van der Waals surface area contributed by atoms with E-state index in [1.165, 1.54) is 19.5 Å². The molecule has 0 atom stereocenters. The van der Waals surface area contributed by atoms with Crippen LogP contribution in [0.5, 0.6) is 5.75 Å². The summed E-state index contributed by atoms with van der Waals surface area (Å²) < 4.78 is 5.94. The van der Waals surface area contributed by atoms with Gasteiger partial charge in [0.2, 0.25) is 0 Å². The minimum atomic E-state index is -0.325. The smallest absolute Gasteiger partial charge is 0.259 e. The number of nitrogens with zero attached hydrogens (tertiary/aromatic N) is 1. The van der Waals surface area contributed by atoms with Crippen LogP contribution in [0.15, 0.2) is 41.1 Å². The lowest BCUT2D eigenvalue weighted by Gasteiger charge is -2.12. The second kappa shape index (κ2) is 6.64. The Balaban J connectivity index is 2.34. The molecule has 1 aromatic carbocycles. The molecule has 21 heavy (non-hydrogen) atoms. The number of carbonyl (C=O) groups is 1. The zero-order valence-electron chi connectivity index (χ0n) is 11.1. The predicted molar refractivity (Wildman–Crippen MR) is 88.8 cm³/mol. The Morgan fingerprint density at radius 3 is 2.81 bits per heavy atom. The fourth-order valence-electron chi connectivity index (χ4n) is 1.75. The first-order valence-corrected chi connectivity index (χ1v) is 7.11. The van der Waals surface area contributed by atoms with Gasteiger partial charge in [-0.05, 0) is 24.3 Å². The van der Waals surface area contributed by atoms with Gasteiger partial charge in [0.25, 0.3) is 5.91 Å². The Labute approximate surface area is 135 Å². The molecule has 1 amide bonds. The number of ether oxygens (including phenoxy) is 1. The standard InChI is InChI=1S/C14H12BrN3O2S/c1-20-12-7-17-5-4-9(12)14(19)18-11-3-2-8(15)6-10(11)13(16)21/h2-7H,1H3,(H2,16,21)(H,18,19). The van der Waals surface area contributed by atoms with E-state index in [4.69, 9.17) is 22.7 Å². The van der Waals surface area contributed by atoms with Crippen molar-refractivity contribution in [1.29, 1.82) is 0 Å². The van der Waals surface area contributed by atoms with Crippen LogP contribution in [0.1, 0.15) is 15.9 Å². The summed E-state index contributed by atoms with van der Waals surface area (Å²) in [6, 6.07) is 6.85. The topological polar surface area (TPSA) is 77.2 Å². The van der Waals surface area contributed by atoms with Gasteiger partial charge in [-0.1, -0.05) is 28.1 Å². The molecule has 0 saturated carbocycles. The number of rotatable bonds is 4. The highest BCUT2D eigenvalue weighted by molar-refractivity contribution is 9.10. The molecule has 7 heteroatoms. The van der Waals surface area contributed by atoms with Crippen molar-refractivity contribution in [3.8, 4) is 5.75 Å². The summed E-state index contributed by atoms with van der Waals surface area (Å²) in [5.41, 5.74) is 7.18. The molecule has 1 aromatic heterocycles. The zero-order chi connectivity index (χ0) is 15.4. The number of halogens is 1. The summed E-state index contributed by atoms with van der Waals surface area (Å²) in [4.78, 5) is 16.5. The van der Waals surface area contributed by atoms with Gasteiger partial charge in [0, 0.05) is 16.2 Å². The van der Waals surface area contributed by atoms with Crippen molar-refractivity contribution in [1.82, 2.24) is 4.98 Å². The third kappa shape index (κ3) is 3.56. The van der Waals surface area contributed by atoms with Crippen molar-refractivity contribution in [2.75, 3.05) is 12.4 Å². The molecule has 0 bridgehead atoms. The van der Waals surface area contributed by atoms with Crippen LogP contribution in [0.2, 0.25) is 0 Å². The number of nitrogens with two attached hydrogens (primary N) is 1. The van der Waals surface area contributed by atoms with Gasteiger partial charge in [-0.25, -0.2) is 0 Å². The summed E-state index contributed by atoms with van der Waals surface area (Å²) in [6.07, 6.45) is 3.00. The molecule has 0 aliphatic carbocycles. The average Bonchev–Trinajstić information content (AvgIpc) is 2.48. The molecule has 0 unspecified atom stereocenters. The van der Waals surface area contributed by atoms with Crippen molar-refractivity contribution in [3.63, 3.8) is 0 Å². The molecule has 108 valence electrons. The van der Waals surface area contributed by atoms with E-state index in [1.807, 2.05) is 0 Å². The maximum atomic E-state index is 12.3. The van der Waals surface area contributed by atoms with E-state index < -0.39 is 0 Å². The van der Waals surface area contributed by atoms with E-state index in [-0.39, 0.29) is 10.9 Å². The maximum Gasteiger partial charge on any atom is 0.259 e. The highest BCUT2D eigenvalue weighted by Gasteiger charge is 2.15. The van der Waals surface area contributed by atoms with E-state index in [2.05, 4.69) is 26.2 Å². The molecule has 2 rings (SSSR count). The van der Waals surface area contributed by atoms with Crippen molar-refractivity contribution in [3.05, 3.63) is 52.3 Å². The van der Waals surface area contributed by atoms with Gasteiger partial charge in [-0.2, -0.15) is 0 Å². The molecule has 0 radical (unpaired) electrons. The van der Waals surface area contributed by atoms with Crippen molar-refractivity contribution in [2.45, 2.75) is 0 Å². The Morgan fingerprint density at radius 1 is 1.38 bits per heavy atom. The average molecular weight is 366 g/mol. The molecule has 1 heterocycles. The van der Waals surface area contributed by atoms with Crippen LogP contribution in [0, 0.1) is 0 Å². The Hall–Kier alpha value is -1.99. The number of benzene rings is 1. The van der Waals surface area contributed by atoms with Gasteiger partial charge in [0.15, 0.2) is 0 Å². The molecule has 0 saturated heterocycles. The molecule has 2 aromatic rings. The van der Waals surface area contributed by atoms with E-state index in [9.17, 15) is 4.79 Å². The third-order valence-corrected chi connectivity index (χ3v) is 3.46. The number of aromatic nitrogens is 1. The molecule has 0 aliphatic rings. The van der Waals surface area contributed by atoms with E-state index in [0.29, 0.717) is 22.6 Å². The van der Waals surface area contributed by atoms with Crippen LogP contribution in [0.4, 0.5) is 5.69 Å². The first kappa shape index (κ1) is 15.4. The molecular formula is C14H12BrN3O2S. The molecule has 0 aliphatic heterocycles. The molecule has 0 fully saturated rings. The zero-order valence-corrected chi connectivity index (χ0v) is 13.5. The van der Waals surface area contributed by atoms with Gasteiger partial charge < -0.3 is 15.8 Å². The number of anilines is 1. The summed E-state index contributed by atoms with van der Waals surface area (Å²) >= 11 is 8.34. The second-order valence-electron chi connectivity index (χ2n) is 4.08. The summed E-state index contributed by atoms with van der Waals surface area (Å²) in [5.74, 6) is 0.0676. The molecule has 3 N–H and O–H groups in total. The lowest BCUT2D eigenvalue weighted by molar-refractivity contribution is 0.102. The van der Waals surface area contributed by atoms with Crippen LogP contribution >= 0.6 is 28.1 Å². The van der Waals surface area contributed by atoms with Gasteiger partial charge in [-0.15, -0.1) is 0 Å². The lowest BCUT2D eigenvalue weighted by atomic mass is 10.1. The number of thiocarbonyl (C=S) groups is 1. The number of nitrogens with one attached hydrogen (secondary N) is 1. The normalized spacial score (nSPS) is 10.0. The highest BCUT2D eigenvalue weighted by atomic mass is 79.9. The van der Waals surface area contributed by atoms with Crippen LogP contribution in [0.25, 0.3) is 0 Å². The highest BCUT2D eigenvalue weighted by Crippen LogP contribution is 2.23. The summed E-state index contributed by atoms with van der Waals surface area (Å²) in [5, 5.41) is 2.78. The van der Waals surface area contributed by atoms with Crippen molar-refractivity contribution >= 4 is 44.7 Å². The number of methoxy groups -OCH3 is 1. The fourth-order valence-corrected chi connectivity index (χ4v) is 2.28.